The van der Waals surface area contributed by atoms with Gasteiger partial charge in [0.2, 0.25) is 11.7 Å². The van der Waals surface area contributed by atoms with E-state index in [1.165, 1.54) is 0 Å². The fraction of sp³-hybridized carbons (Fsp3) is 0.333. The third-order valence-electron chi connectivity index (χ3n) is 2.25. The summed E-state index contributed by atoms with van der Waals surface area (Å²) in [6, 6.07) is 5.48. The molecule has 0 amide bonds. The minimum atomic E-state index is -0.371. The molecule has 0 aliphatic heterocycles. The normalized spacial score (nSPS) is 11.8. The minimum Gasteiger partial charge on any atom is -0.339 e. The maximum atomic E-state index is 5.93. The monoisotopic (exact) mass is 329 g/mol. The summed E-state index contributed by atoms with van der Waals surface area (Å²) in [5.74, 6) is 1.06. The molecule has 0 aliphatic rings. The molecule has 0 saturated carbocycles. The van der Waals surface area contributed by atoms with Gasteiger partial charge in [-0.2, -0.15) is 4.98 Å². The Morgan fingerprint density at radius 3 is 2.78 bits per heavy atom. The number of nitrogens with zero attached hydrogens (tertiary/aromatic N) is 2. The van der Waals surface area contributed by atoms with Crippen LogP contribution in [0.15, 0.2) is 27.2 Å². The topological polar surface area (TPSA) is 64.9 Å². The summed E-state index contributed by atoms with van der Waals surface area (Å²) in [6.07, 6.45) is 0.536. The number of aromatic nitrogens is 2. The van der Waals surface area contributed by atoms with Gasteiger partial charge in [0, 0.05) is 22.0 Å². The zero-order valence-corrected chi connectivity index (χ0v) is 12.4. The second-order valence-corrected chi connectivity index (χ2v) is 6.07. The molecule has 0 aliphatic carbocycles. The van der Waals surface area contributed by atoms with Crippen LogP contribution >= 0.6 is 27.5 Å². The molecule has 0 spiro atoms. The highest BCUT2D eigenvalue weighted by atomic mass is 79.9. The Balaban J connectivity index is 2.26. The Bertz CT molecular complexity index is 563. The van der Waals surface area contributed by atoms with E-state index in [-0.39, 0.29) is 5.54 Å². The van der Waals surface area contributed by atoms with E-state index in [0.29, 0.717) is 23.2 Å². The molecule has 0 bridgehead atoms. The van der Waals surface area contributed by atoms with Crippen LogP contribution in [0.1, 0.15) is 19.7 Å². The van der Waals surface area contributed by atoms with Crippen molar-refractivity contribution in [2.75, 3.05) is 0 Å². The van der Waals surface area contributed by atoms with Gasteiger partial charge >= 0.3 is 0 Å². The van der Waals surface area contributed by atoms with Gasteiger partial charge in [0.25, 0.3) is 0 Å². The third kappa shape index (κ3) is 3.31. The van der Waals surface area contributed by atoms with Crippen molar-refractivity contribution in [1.82, 2.24) is 10.1 Å². The molecule has 0 atom stereocenters. The summed E-state index contributed by atoms with van der Waals surface area (Å²) >= 11 is 9.29. The predicted molar refractivity (Wildman–Crippen MR) is 74.4 cm³/mol. The molecule has 1 heterocycles. The molecule has 4 nitrogen and oxygen atoms in total. The maximum absolute atomic E-state index is 5.93. The van der Waals surface area contributed by atoms with Crippen molar-refractivity contribution >= 4 is 27.5 Å². The van der Waals surface area contributed by atoms with Crippen LogP contribution in [-0.2, 0) is 6.42 Å². The zero-order valence-electron chi connectivity index (χ0n) is 10.1. The van der Waals surface area contributed by atoms with Crippen LogP contribution in [0.2, 0.25) is 5.02 Å². The Morgan fingerprint density at radius 1 is 1.44 bits per heavy atom. The van der Waals surface area contributed by atoms with E-state index >= 15 is 0 Å². The molecule has 96 valence electrons. The number of nitrogens with two attached hydrogens (primary N) is 1. The van der Waals surface area contributed by atoms with Crippen LogP contribution in [0.25, 0.3) is 11.4 Å². The molecule has 0 saturated heterocycles. The van der Waals surface area contributed by atoms with Gasteiger partial charge < -0.3 is 10.3 Å². The standard InChI is InChI=1S/C12H13BrClN3O/c1-12(2,15)6-10-16-11(17-18-10)7-3-4-9(14)8(13)5-7/h3-5H,6,15H2,1-2H3. The smallest absolute Gasteiger partial charge is 0.228 e. The van der Waals surface area contributed by atoms with Gasteiger partial charge in [-0.05, 0) is 48.0 Å². The second-order valence-electron chi connectivity index (χ2n) is 4.81. The molecule has 0 radical (unpaired) electrons. The minimum absolute atomic E-state index is 0.371. The molecular weight excluding hydrogens is 318 g/mol. The van der Waals surface area contributed by atoms with Crippen molar-refractivity contribution in [3.63, 3.8) is 0 Å². The first kappa shape index (κ1) is 13.5. The summed E-state index contributed by atoms with van der Waals surface area (Å²) < 4.78 is 5.97. The molecule has 1 aromatic carbocycles. The van der Waals surface area contributed by atoms with Gasteiger partial charge in [0.1, 0.15) is 0 Å². The molecule has 18 heavy (non-hydrogen) atoms. The molecule has 2 rings (SSSR count). The number of rotatable bonds is 3. The largest absolute Gasteiger partial charge is 0.339 e. The number of hydrogen-bond acceptors (Lipinski definition) is 4. The Kier molecular flexibility index (Phi) is 3.75. The highest BCUT2D eigenvalue weighted by Gasteiger charge is 2.17. The quantitative estimate of drug-likeness (QED) is 0.936. The fourth-order valence-electron chi connectivity index (χ4n) is 1.47. The van der Waals surface area contributed by atoms with E-state index in [2.05, 4.69) is 26.1 Å². The highest BCUT2D eigenvalue weighted by molar-refractivity contribution is 9.10. The first-order chi connectivity index (χ1) is 8.35. The Morgan fingerprint density at radius 2 is 2.17 bits per heavy atom. The van der Waals surface area contributed by atoms with Crippen molar-refractivity contribution in [3.8, 4) is 11.4 Å². The molecular formula is C12H13BrClN3O. The van der Waals surface area contributed by atoms with Crippen molar-refractivity contribution in [2.24, 2.45) is 5.73 Å². The van der Waals surface area contributed by atoms with Gasteiger partial charge in [-0.1, -0.05) is 16.8 Å². The molecule has 6 heteroatoms. The molecule has 2 N–H and O–H groups in total. The van der Waals surface area contributed by atoms with Gasteiger partial charge in [-0.3, -0.25) is 0 Å². The molecule has 0 unspecified atom stereocenters. The summed E-state index contributed by atoms with van der Waals surface area (Å²) in [4.78, 5) is 4.31. The molecule has 2 aromatic rings. The Hall–Kier alpha value is -0.910. The van der Waals surface area contributed by atoms with E-state index in [1.54, 1.807) is 6.07 Å². The summed E-state index contributed by atoms with van der Waals surface area (Å²) in [5.41, 5.74) is 6.38. The lowest BCUT2D eigenvalue weighted by atomic mass is 10.0. The van der Waals surface area contributed by atoms with Crippen molar-refractivity contribution in [1.29, 1.82) is 0 Å². The fourth-order valence-corrected chi connectivity index (χ4v) is 1.97. The lowest BCUT2D eigenvalue weighted by Crippen LogP contribution is -2.34. The molecule has 0 fully saturated rings. The van der Waals surface area contributed by atoms with E-state index < -0.39 is 0 Å². The van der Waals surface area contributed by atoms with Crippen LogP contribution in [0.4, 0.5) is 0 Å². The summed E-state index contributed by atoms with van der Waals surface area (Å²) in [7, 11) is 0. The van der Waals surface area contributed by atoms with E-state index in [9.17, 15) is 0 Å². The van der Waals surface area contributed by atoms with Crippen LogP contribution < -0.4 is 5.73 Å². The predicted octanol–water partition coefficient (Wildman–Crippen LogP) is 3.43. The van der Waals surface area contributed by atoms with Crippen molar-refractivity contribution < 1.29 is 4.52 Å². The van der Waals surface area contributed by atoms with Gasteiger partial charge in [0.15, 0.2) is 0 Å². The van der Waals surface area contributed by atoms with E-state index in [4.69, 9.17) is 21.9 Å². The lowest BCUT2D eigenvalue weighted by Gasteiger charge is -2.14. The first-order valence-corrected chi connectivity index (χ1v) is 6.59. The molecule has 1 aromatic heterocycles. The average Bonchev–Trinajstić information content (AvgIpc) is 2.68. The van der Waals surface area contributed by atoms with Crippen LogP contribution in [-0.4, -0.2) is 15.7 Å². The summed E-state index contributed by atoms with van der Waals surface area (Å²) in [6.45, 7) is 3.82. The van der Waals surface area contributed by atoms with Crippen LogP contribution in [0, 0.1) is 0 Å². The third-order valence-corrected chi connectivity index (χ3v) is 3.47. The van der Waals surface area contributed by atoms with Gasteiger partial charge in [-0.15, -0.1) is 0 Å². The van der Waals surface area contributed by atoms with Gasteiger partial charge in [-0.25, -0.2) is 0 Å². The number of hydrogen-bond donors (Lipinski definition) is 1. The van der Waals surface area contributed by atoms with Crippen molar-refractivity contribution in [2.45, 2.75) is 25.8 Å². The summed E-state index contributed by atoms with van der Waals surface area (Å²) in [5, 5.41) is 4.58. The second kappa shape index (κ2) is 4.99. The van der Waals surface area contributed by atoms with E-state index in [1.807, 2.05) is 26.0 Å². The zero-order chi connectivity index (χ0) is 13.3. The highest BCUT2D eigenvalue weighted by Crippen LogP contribution is 2.27. The number of halogens is 2. The van der Waals surface area contributed by atoms with E-state index in [0.717, 1.165) is 10.0 Å². The first-order valence-electron chi connectivity index (χ1n) is 5.42. The van der Waals surface area contributed by atoms with Crippen LogP contribution in [0.5, 0.6) is 0 Å². The van der Waals surface area contributed by atoms with Crippen molar-refractivity contribution in [3.05, 3.63) is 33.6 Å². The Labute approximate surface area is 119 Å². The van der Waals surface area contributed by atoms with Gasteiger partial charge in [0.05, 0.1) is 5.02 Å². The number of benzene rings is 1. The van der Waals surface area contributed by atoms with Crippen LogP contribution in [0.3, 0.4) is 0 Å². The lowest BCUT2D eigenvalue weighted by molar-refractivity contribution is 0.348. The SMILES string of the molecule is CC(C)(N)Cc1nc(-c2ccc(Cl)c(Br)c2)no1. The maximum Gasteiger partial charge on any atom is 0.228 e. The average molecular weight is 331 g/mol.